The predicted molar refractivity (Wildman–Crippen MR) is 65.5 cm³/mol. The van der Waals surface area contributed by atoms with Gasteiger partial charge in [0.25, 0.3) is 0 Å². The van der Waals surface area contributed by atoms with Crippen LogP contribution in [-0.2, 0) is 6.42 Å². The molecule has 1 unspecified atom stereocenters. The molecule has 0 saturated carbocycles. The van der Waals surface area contributed by atoms with Crippen molar-refractivity contribution >= 4 is 0 Å². The van der Waals surface area contributed by atoms with E-state index in [9.17, 15) is 0 Å². The van der Waals surface area contributed by atoms with Gasteiger partial charge in [0.15, 0.2) is 0 Å². The first-order valence-electron chi connectivity index (χ1n) is 6.28. The molecule has 1 N–H and O–H groups in total. The van der Waals surface area contributed by atoms with Crippen LogP contribution in [0.15, 0.2) is 6.07 Å². The van der Waals surface area contributed by atoms with Gasteiger partial charge >= 0.3 is 0 Å². The number of rotatable bonds is 2. The van der Waals surface area contributed by atoms with Crippen LogP contribution in [0.4, 0.5) is 0 Å². The molecule has 0 spiro atoms. The summed E-state index contributed by atoms with van der Waals surface area (Å²) in [6.45, 7) is 5.23. The normalized spacial score (nSPS) is 21.8. The summed E-state index contributed by atoms with van der Waals surface area (Å²) < 4.78 is 0. The molecule has 2 rings (SSSR count). The Morgan fingerprint density at radius 3 is 2.69 bits per heavy atom. The summed E-state index contributed by atoms with van der Waals surface area (Å²) in [5.74, 6) is 0.997. The fourth-order valence-corrected chi connectivity index (χ4v) is 2.39. The molecule has 1 atom stereocenters. The van der Waals surface area contributed by atoms with Crippen LogP contribution < -0.4 is 5.32 Å². The molecule has 1 saturated heterocycles. The lowest BCUT2D eigenvalue weighted by atomic mass is 10.1. The fourth-order valence-electron chi connectivity index (χ4n) is 2.39. The van der Waals surface area contributed by atoms with Gasteiger partial charge in [-0.3, -0.25) is 0 Å². The van der Waals surface area contributed by atoms with Gasteiger partial charge in [-0.05, 0) is 39.3 Å². The van der Waals surface area contributed by atoms with E-state index in [0.29, 0.717) is 6.04 Å². The van der Waals surface area contributed by atoms with Crippen LogP contribution in [0.25, 0.3) is 0 Å². The first kappa shape index (κ1) is 11.5. The maximum atomic E-state index is 4.51. The smallest absolute Gasteiger partial charge is 0.130 e. The third-order valence-corrected chi connectivity index (χ3v) is 3.12. The number of aryl methyl sites for hydroxylation is 2. The summed E-state index contributed by atoms with van der Waals surface area (Å²) in [5, 5.41) is 3.59. The molecule has 88 valence electrons. The van der Waals surface area contributed by atoms with Crippen molar-refractivity contribution in [3.05, 3.63) is 23.3 Å². The van der Waals surface area contributed by atoms with Gasteiger partial charge in [0.05, 0.1) is 0 Å². The van der Waals surface area contributed by atoms with Crippen LogP contribution >= 0.6 is 0 Å². The summed E-state index contributed by atoms with van der Waals surface area (Å²) in [4.78, 5) is 9.02. The first-order valence-corrected chi connectivity index (χ1v) is 6.28. The summed E-state index contributed by atoms with van der Waals surface area (Å²) in [6.07, 6.45) is 6.24. The van der Waals surface area contributed by atoms with Crippen molar-refractivity contribution in [2.45, 2.75) is 52.0 Å². The Kier molecular flexibility index (Phi) is 3.88. The van der Waals surface area contributed by atoms with Gasteiger partial charge in [0, 0.05) is 23.9 Å². The molecule has 1 aromatic rings. The Labute approximate surface area is 97.7 Å². The molecule has 0 amide bonds. The van der Waals surface area contributed by atoms with Crippen molar-refractivity contribution in [2.24, 2.45) is 0 Å². The van der Waals surface area contributed by atoms with E-state index in [4.69, 9.17) is 0 Å². The molecule has 1 fully saturated rings. The molecule has 2 heterocycles. The van der Waals surface area contributed by atoms with E-state index in [1.165, 1.54) is 25.7 Å². The number of nitrogens with zero attached hydrogens (tertiary/aromatic N) is 2. The average Bonchev–Trinajstić information content (AvgIpc) is 2.44. The van der Waals surface area contributed by atoms with Crippen molar-refractivity contribution in [3.8, 4) is 0 Å². The van der Waals surface area contributed by atoms with Crippen LogP contribution in [0.1, 0.15) is 42.9 Å². The average molecular weight is 219 g/mol. The van der Waals surface area contributed by atoms with Crippen molar-refractivity contribution < 1.29 is 0 Å². The third kappa shape index (κ3) is 3.27. The largest absolute Gasteiger partial charge is 0.314 e. The summed E-state index contributed by atoms with van der Waals surface area (Å²) in [5.41, 5.74) is 2.16. The molecule has 0 aliphatic carbocycles. The second-order valence-electron chi connectivity index (χ2n) is 4.77. The second-order valence-corrected chi connectivity index (χ2v) is 4.77. The first-order chi connectivity index (χ1) is 7.74. The highest BCUT2D eigenvalue weighted by atomic mass is 14.9. The lowest BCUT2D eigenvalue weighted by Crippen LogP contribution is -2.31. The molecular weight excluding hydrogens is 198 g/mol. The minimum absolute atomic E-state index is 0.573. The van der Waals surface area contributed by atoms with Gasteiger partial charge in [-0.25, -0.2) is 9.97 Å². The molecule has 1 aromatic heterocycles. The van der Waals surface area contributed by atoms with Crippen molar-refractivity contribution in [3.63, 3.8) is 0 Å². The molecule has 3 heteroatoms. The molecule has 0 aromatic carbocycles. The predicted octanol–water partition coefficient (Wildman–Crippen LogP) is 2.17. The molecule has 1 aliphatic heterocycles. The molecule has 3 nitrogen and oxygen atoms in total. The minimum Gasteiger partial charge on any atom is -0.314 e. The summed E-state index contributed by atoms with van der Waals surface area (Å²) >= 11 is 0. The number of hydrogen-bond acceptors (Lipinski definition) is 3. The van der Waals surface area contributed by atoms with Crippen molar-refractivity contribution in [1.29, 1.82) is 0 Å². The monoisotopic (exact) mass is 219 g/mol. The van der Waals surface area contributed by atoms with Gasteiger partial charge in [-0.15, -0.1) is 0 Å². The molecule has 1 aliphatic rings. The van der Waals surface area contributed by atoms with Gasteiger partial charge < -0.3 is 5.32 Å². The van der Waals surface area contributed by atoms with E-state index < -0.39 is 0 Å². The quantitative estimate of drug-likeness (QED) is 0.828. The Morgan fingerprint density at radius 2 is 1.94 bits per heavy atom. The van der Waals surface area contributed by atoms with E-state index in [1.807, 2.05) is 19.9 Å². The maximum absolute atomic E-state index is 4.51. The zero-order chi connectivity index (χ0) is 11.4. The van der Waals surface area contributed by atoms with Crippen LogP contribution in [0.5, 0.6) is 0 Å². The van der Waals surface area contributed by atoms with Gasteiger partial charge in [0.1, 0.15) is 5.82 Å². The van der Waals surface area contributed by atoms with E-state index in [-0.39, 0.29) is 0 Å². The summed E-state index contributed by atoms with van der Waals surface area (Å²) in [6, 6.07) is 2.60. The third-order valence-electron chi connectivity index (χ3n) is 3.12. The van der Waals surface area contributed by atoms with Gasteiger partial charge in [-0.2, -0.15) is 0 Å². The Hall–Kier alpha value is -0.960. The zero-order valence-electron chi connectivity index (χ0n) is 10.3. The Bertz CT molecular complexity index is 321. The van der Waals surface area contributed by atoms with E-state index in [1.54, 1.807) is 0 Å². The highest BCUT2D eigenvalue weighted by Crippen LogP contribution is 2.12. The fraction of sp³-hybridized carbons (Fsp3) is 0.692. The molecule has 16 heavy (non-hydrogen) atoms. The highest BCUT2D eigenvalue weighted by molar-refractivity contribution is 5.09. The lowest BCUT2D eigenvalue weighted by molar-refractivity contribution is 0.496. The van der Waals surface area contributed by atoms with Crippen LogP contribution in [-0.4, -0.2) is 22.6 Å². The van der Waals surface area contributed by atoms with E-state index in [2.05, 4.69) is 15.3 Å². The number of nitrogens with one attached hydrogen (secondary N) is 1. The zero-order valence-corrected chi connectivity index (χ0v) is 10.3. The molecular formula is C13H21N3. The molecule has 0 bridgehead atoms. The number of hydrogen-bond donors (Lipinski definition) is 1. The maximum Gasteiger partial charge on any atom is 0.130 e. The highest BCUT2D eigenvalue weighted by Gasteiger charge is 2.13. The van der Waals surface area contributed by atoms with Crippen LogP contribution in [0.3, 0.4) is 0 Å². The van der Waals surface area contributed by atoms with Gasteiger partial charge in [0.2, 0.25) is 0 Å². The van der Waals surface area contributed by atoms with Crippen LogP contribution in [0.2, 0.25) is 0 Å². The standard InChI is InChI=1S/C13H21N3/c1-10-8-11(2)16-13(15-10)9-12-6-4-3-5-7-14-12/h8,12,14H,3-7,9H2,1-2H3. The Morgan fingerprint density at radius 1 is 1.19 bits per heavy atom. The SMILES string of the molecule is Cc1cc(C)nc(CC2CCCCCN2)n1. The lowest BCUT2D eigenvalue weighted by Gasteiger charge is -2.14. The molecule has 0 radical (unpaired) electrons. The topological polar surface area (TPSA) is 37.8 Å². The van der Waals surface area contributed by atoms with E-state index >= 15 is 0 Å². The van der Waals surface area contributed by atoms with Crippen molar-refractivity contribution in [1.82, 2.24) is 15.3 Å². The summed E-state index contributed by atoms with van der Waals surface area (Å²) in [7, 11) is 0. The Balaban J connectivity index is 2.01. The second kappa shape index (κ2) is 5.39. The van der Waals surface area contributed by atoms with Gasteiger partial charge in [-0.1, -0.05) is 12.8 Å². The van der Waals surface area contributed by atoms with Crippen LogP contribution in [0, 0.1) is 13.8 Å². The minimum atomic E-state index is 0.573. The number of aromatic nitrogens is 2. The van der Waals surface area contributed by atoms with E-state index in [0.717, 1.165) is 30.2 Å². The van der Waals surface area contributed by atoms with Crippen molar-refractivity contribution in [2.75, 3.05) is 6.54 Å².